The van der Waals surface area contributed by atoms with Gasteiger partial charge in [-0.3, -0.25) is 9.59 Å². The topological polar surface area (TPSA) is 64.6 Å². The number of carbonyl (C=O) groups is 2. The third kappa shape index (κ3) is 2.65. The monoisotopic (exact) mass is 311 g/mol. The molecule has 1 atom stereocenters. The molecule has 1 aromatic rings. The maximum atomic E-state index is 12.4. The fourth-order valence-electron chi connectivity index (χ4n) is 2.86. The van der Waals surface area contributed by atoms with Gasteiger partial charge in [-0.2, -0.15) is 0 Å². The molecular formula is C18H17NO4. The summed E-state index contributed by atoms with van der Waals surface area (Å²) >= 11 is 0. The number of rotatable bonds is 3. The molecule has 5 heteroatoms. The van der Waals surface area contributed by atoms with Crippen molar-refractivity contribution in [3.63, 3.8) is 0 Å². The van der Waals surface area contributed by atoms with Gasteiger partial charge in [0.25, 0.3) is 5.91 Å². The highest BCUT2D eigenvalue weighted by molar-refractivity contribution is 6.10. The highest BCUT2D eigenvalue weighted by Crippen LogP contribution is 2.36. The smallest absolute Gasteiger partial charge is 0.312 e. The molecule has 1 amide bonds. The molecule has 0 radical (unpaired) electrons. The Morgan fingerprint density at radius 3 is 2.57 bits per heavy atom. The molecular weight excluding hydrogens is 294 g/mol. The third-order valence-electron chi connectivity index (χ3n) is 3.95. The highest BCUT2D eigenvalue weighted by Gasteiger charge is 2.35. The molecule has 1 aliphatic carbocycles. The zero-order valence-electron chi connectivity index (χ0n) is 13.0. The number of esters is 1. The van der Waals surface area contributed by atoms with Gasteiger partial charge in [-0.15, -0.1) is 0 Å². The van der Waals surface area contributed by atoms with Crippen LogP contribution in [-0.4, -0.2) is 26.1 Å². The fourth-order valence-corrected chi connectivity index (χ4v) is 2.86. The normalized spacial score (nSPS) is 21.7. The predicted molar refractivity (Wildman–Crippen MR) is 84.8 cm³/mol. The maximum absolute atomic E-state index is 12.4. The Labute approximate surface area is 134 Å². The summed E-state index contributed by atoms with van der Waals surface area (Å²) in [4.78, 5) is 24.1. The number of fused-ring (bicyclic) bond motifs is 1. The van der Waals surface area contributed by atoms with Crippen LogP contribution in [0.1, 0.15) is 12.0 Å². The Morgan fingerprint density at radius 2 is 1.91 bits per heavy atom. The zero-order chi connectivity index (χ0) is 16.4. The van der Waals surface area contributed by atoms with Crippen molar-refractivity contribution >= 4 is 17.6 Å². The van der Waals surface area contributed by atoms with E-state index in [9.17, 15) is 9.59 Å². The SMILES string of the molecule is COC(=O)C1C=C2NC(=O)/C(=C(/OC)c3ccccc3)C2=CC1. The molecule has 0 aromatic heterocycles. The van der Waals surface area contributed by atoms with Crippen molar-refractivity contribution in [1.29, 1.82) is 0 Å². The second-order valence-electron chi connectivity index (χ2n) is 5.29. The highest BCUT2D eigenvalue weighted by atomic mass is 16.5. The van der Waals surface area contributed by atoms with Crippen molar-refractivity contribution in [2.24, 2.45) is 5.92 Å². The lowest BCUT2D eigenvalue weighted by atomic mass is 9.91. The van der Waals surface area contributed by atoms with Crippen molar-refractivity contribution in [2.45, 2.75) is 6.42 Å². The summed E-state index contributed by atoms with van der Waals surface area (Å²) in [5, 5.41) is 2.81. The van der Waals surface area contributed by atoms with Crippen molar-refractivity contribution in [3.05, 3.63) is 64.9 Å². The standard InChI is InChI=1S/C18H17NO4/c1-22-16(11-6-4-3-5-7-11)15-13-9-8-12(18(21)23-2)10-14(13)19-17(15)20/h3-7,9-10,12H,8H2,1-2H3,(H,19,20)/b16-15+. The molecule has 1 unspecified atom stereocenters. The Kier molecular flexibility index (Phi) is 4.02. The van der Waals surface area contributed by atoms with Gasteiger partial charge in [0.2, 0.25) is 0 Å². The van der Waals surface area contributed by atoms with Crippen LogP contribution < -0.4 is 5.32 Å². The van der Waals surface area contributed by atoms with Gasteiger partial charge in [0, 0.05) is 16.8 Å². The Morgan fingerprint density at radius 1 is 1.17 bits per heavy atom. The molecule has 0 saturated carbocycles. The van der Waals surface area contributed by atoms with Gasteiger partial charge in [-0.25, -0.2) is 0 Å². The largest absolute Gasteiger partial charge is 0.495 e. The minimum atomic E-state index is -0.374. The number of hydrogen-bond acceptors (Lipinski definition) is 4. The molecule has 1 fully saturated rings. The first-order valence-electron chi connectivity index (χ1n) is 7.31. The zero-order valence-corrected chi connectivity index (χ0v) is 13.0. The second kappa shape index (κ2) is 6.12. The molecule has 5 nitrogen and oxygen atoms in total. The number of allylic oxidation sites excluding steroid dienone is 2. The molecule has 2 aliphatic rings. The van der Waals surface area contributed by atoms with E-state index in [4.69, 9.17) is 9.47 Å². The number of ether oxygens (including phenoxy) is 2. The van der Waals surface area contributed by atoms with Crippen LogP contribution in [0.3, 0.4) is 0 Å². The van der Waals surface area contributed by atoms with Crippen LogP contribution in [0.2, 0.25) is 0 Å². The lowest BCUT2D eigenvalue weighted by molar-refractivity contribution is -0.143. The van der Waals surface area contributed by atoms with Crippen LogP contribution in [0.25, 0.3) is 5.76 Å². The van der Waals surface area contributed by atoms with Gasteiger partial charge < -0.3 is 14.8 Å². The van der Waals surface area contributed by atoms with Gasteiger partial charge in [0.15, 0.2) is 0 Å². The van der Waals surface area contributed by atoms with Crippen LogP contribution in [0, 0.1) is 5.92 Å². The van der Waals surface area contributed by atoms with E-state index in [1.807, 2.05) is 36.4 Å². The van der Waals surface area contributed by atoms with Crippen LogP contribution in [-0.2, 0) is 19.1 Å². The summed E-state index contributed by atoms with van der Waals surface area (Å²) in [5.41, 5.74) is 2.73. The van der Waals surface area contributed by atoms with Gasteiger partial charge in [-0.05, 0) is 12.5 Å². The lowest BCUT2D eigenvalue weighted by Gasteiger charge is -2.16. The van der Waals surface area contributed by atoms with E-state index in [0.717, 1.165) is 11.1 Å². The Hall–Kier alpha value is -2.82. The van der Waals surface area contributed by atoms with Crippen LogP contribution in [0.5, 0.6) is 0 Å². The Balaban J connectivity index is 2.04. The molecule has 1 heterocycles. The van der Waals surface area contributed by atoms with Crippen LogP contribution in [0.15, 0.2) is 59.3 Å². The summed E-state index contributed by atoms with van der Waals surface area (Å²) in [5.74, 6) is -0.390. The average molecular weight is 311 g/mol. The Bertz CT molecular complexity index is 744. The van der Waals surface area contributed by atoms with E-state index in [2.05, 4.69) is 5.32 Å². The third-order valence-corrected chi connectivity index (χ3v) is 3.95. The number of carbonyl (C=O) groups excluding carboxylic acids is 2. The minimum Gasteiger partial charge on any atom is -0.495 e. The second-order valence-corrected chi connectivity index (χ2v) is 5.29. The summed E-state index contributed by atoms with van der Waals surface area (Å²) in [7, 11) is 2.90. The fraction of sp³-hybridized carbons (Fsp3) is 0.222. The van der Waals surface area contributed by atoms with E-state index in [1.165, 1.54) is 7.11 Å². The molecule has 118 valence electrons. The van der Waals surface area contributed by atoms with Gasteiger partial charge in [0.05, 0.1) is 25.7 Å². The van der Waals surface area contributed by atoms with E-state index >= 15 is 0 Å². The molecule has 1 saturated heterocycles. The van der Waals surface area contributed by atoms with E-state index in [0.29, 0.717) is 23.5 Å². The van der Waals surface area contributed by atoms with E-state index in [1.54, 1.807) is 13.2 Å². The summed E-state index contributed by atoms with van der Waals surface area (Å²) in [6.07, 6.45) is 4.12. The molecule has 1 aromatic carbocycles. The summed E-state index contributed by atoms with van der Waals surface area (Å²) in [6, 6.07) is 9.47. The number of hydrogen-bond donors (Lipinski definition) is 1. The van der Waals surface area contributed by atoms with Crippen LogP contribution in [0.4, 0.5) is 0 Å². The van der Waals surface area contributed by atoms with Gasteiger partial charge in [0.1, 0.15) is 5.76 Å². The molecule has 1 N–H and O–H groups in total. The van der Waals surface area contributed by atoms with E-state index < -0.39 is 0 Å². The van der Waals surface area contributed by atoms with Crippen molar-refractivity contribution < 1.29 is 19.1 Å². The summed E-state index contributed by atoms with van der Waals surface area (Å²) in [6.45, 7) is 0. The molecule has 3 rings (SSSR count). The van der Waals surface area contributed by atoms with Gasteiger partial charge in [-0.1, -0.05) is 36.4 Å². The number of benzene rings is 1. The first kappa shape index (κ1) is 15.1. The van der Waals surface area contributed by atoms with Crippen LogP contribution >= 0.6 is 0 Å². The van der Waals surface area contributed by atoms with Crippen molar-refractivity contribution in [2.75, 3.05) is 14.2 Å². The average Bonchev–Trinajstić information content (AvgIpc) is 2.91. The minimum absolute atomic E-state index is 0.228. The van der Waals surface area contributed by atoms with E-state index in [-0.39, 0.29) is 17.8 Å². The molecule has 1 aliphatic heterocycles. The predicted octanol–water partition coefficient (Wildman–Crippen LogP) is 2.18. The maximum Gasteiger partial charge on any atom is 0.312 e. The number of methoxy groups -OCH3 is 2. The first-order chi connectivity index (χ1) is 11.2. The number of amides is 1. The molecule has 0 spiro atoms. The number of nitrogens with one attached hydrogen (secondary N) is 1. The molecule has 0 bridgehead atoms. The summed E-state index contributed by atoms with van der Waals surface area (Å²) < 4.78 is 10.3. The first-order valence-corrected chi connectivity index (χ1v) is 7.31. The van der Waals surface area contributed by atoms with Crippen molar-refractivity contribution in [3.8, 4) is 0 Å². The molecule has 23 heavy (non-hydrogen) atoms. The lowest BCUT2D eigenvalue weighted by Crippen LogP contribution is -2.19. The van der Waals surface area contributed by atoms with Crippen molar-refractivity contribution in [1.82, 2.24) is 5.32 Å². The van der Waals surface area contributed by atoms with Gasteiger partial charge >= 0.3 is 5.97 Å². The quantitative estimate of drug-likeness (QED) is 0.528.